The van der Waals surface area contributed by atoms with Crippen LogP contribution in [0.3, 0.4) is 0 Å². The lowest BCUT2D eigenvalue weighted by atomic mass is 9.70. The lowest BCUT2D eigenvalue weighted by Crippen LogP contribution is -2.38. The topological polar surface area (TPSA) is 64.6 Å². The molecule has 2 aromatic rings. The van der Waals surface area contributed by atoms with Gasteiger partial charge in [-0.1, -0.05) is 26.0 Å². The highest BCUT2D eigenvalue weighted by Gasteiger charge is 2.43. The normalized spacial score (nSPS) is 19.8. The molecule has 1 aliphatic heterocycles. The van der Waals surface area contributed by atoms with Crippen LogP contribution in [0.4, 0.5) is 0 Å². The first-order valence-corrected chi connectivity index (χ1v) is 12.5. The molecular weight excluding hydrogens is 502 g/mol. The highest BCUT2D eigenvalue weighted by atomic mass is 79.9. The Balaban J connectivity index is 1.74. The van der Waals surface area contributed by atoms with Gasteiger partial charge in [0.1, 0.15) is 12.4 Å². The number of nitrogens with one attached hydrogen (secondary N) is 1. The standard InChI is InChI=1S/C26H28BrNO4S/c1-14-22(25(30)31-5)24(23-18(28-14)11-26(3,4)12-19(23)29)21-10-16(15(2)33-21)13-32-20-9-7-6-8-17(20)27/h6-10,24,28H,11-13H2,1-5H3. The van der Waals surface area contributed by atoms with E-state index >= 15 is 0 Å². The van der Waals surface area contributed by atoms with E-state index in [0.29, 0.717) is 24.2 Å². The summed E-state index contributed by atoms with van der Waals surface area (Å²) in [5.41, 5.74) is 3.78. The highest BCUT2D eigenvalue weighted by Crippen LogP contribution is 2.48. The Kier molecular flexibility index (Phi) is 6.56. The molecule has 1 unspecified atom stereocenters. The number of ketones is 1. The number of dihydropyridines is 1. The molecule has 2 heterocycles. The number of hydrogen-bond donors (Lipinski definition) is 1. The van der Waals surface area contributed by atoms with Gasteiger partial charge in [-0.2, -0.15) is 0 Å². The number of ether oxygens (including phenoxy) is 2. The molecule has 0 saturated heterocycles. The van der Waals surface area contributed by atoms with Gasteiger partial charge in [0.25, 0.3) is 0 Å². The Morgan fingerprint density at radius 1 is 1.24 bits per heavy atom. The molecule has 1 atom stereocenters. The maximum Gasteiger partial charge on any atom is 0.336 e. The summed E-state index contributed by atoms with van der Waals surface area (Å²) in [6, 6.07) is 9.80. The van der Waals surface area contributed by atoms with Crippen molar-refractivity contribution < 1.29 is 19.1 Å². The second-order valence-electron chi connectivity index (χ2n) is 9.37. The molecule has 0 spiro atoms. The summed E-state index contributed by atoms with van der Waals surface area (Å²) in [5, 5.41) is 3.36. The van der Waals surface area contributed by atoms with Gasteiger partial charge in [0.05, 0.1) is 23.1 Å². The van der Waals surface area contributed by atoms with Crippen molar-refractivity contribution >= 4 is 39.0 Å². The highest BCUT2D eigenvalue weighted by molar-refractivity contribution is 9.10. The number of esters is 1. The zero-order chi connectivity index (χ0) is 23.9. The second kappa shape index (κ2) is 9.11. The number of aryl methyl sites for hydroxylation is 1. The molecule has 174 valence electrons. The summed E-state index contributed by atoms with van der Waals surface area (Å²) in [6.07, 6.45) is 1.22. The molecule has 0 fully saturated rings. The summed E-state index contributed by atoms with van der Waals surface area (Å²) < 4.78 is 12.1. The molecule has 1 N–H and O–H groups in total. The number of benzene rings is 1. The number of carbonyl (C=O) groups excluding carboxylic acids is 2. The minimum atomic E-state index is -0.432. The van der Waals surface area contributed by atoms with Gasteiger partial charge in [-0.25, -0.2) is 4.79 Å². The number of allylic oxidation sites excluding steroid dienone is 3. The Labute approximate surface area is 207 Å². The predicted octanol–water partition coefficient (Wildman–Crippen LogP) is 6.18. The molecule has 1 aromatic carbocycles. The van der Waals surface area contributed by atoms with E-state index in [-0.39, 0.29) is 11.2 Å². The fourth-order valence-corrected chi connectivity index (χ4v) is 6.21. The summed E-state index contributed by atoms with van der Waals surface area (Å²) in [4.78, 5) is 28.2. The zero-order valence-electron chi connectivity index (χ0n) is 19.5. The Hall–Kier alpha value is -2.38. The van der Waals surface area contributed by atoms with Gasteiger partial charge in [0.15, 0.2) is 5.78 Å². The van der Waals surface area contributed by atoms with Crippen LogP contribution in [0.25, 0.3) is 0 Å². The van der Waals surface area contributed by atoms with Crippen molar-refractivity contribution in [3.63, 3.8) is 0 Å². The van der Waals surface area contributed by atoms with E-state index in [0.717, 1.165) is 43.4 Å². The molecule has 0 radical (unpaired) electrons. The average molecular weight is 530 g/mol. The van der Waals surface area contributed by atoms with Crippen LogP contribution in [0, 0.1) is 12.3 Å². The number of rotatable bonds is 5. The average Bonchev–Trinajstić information content (AvgIpc) is 3.11. The maximum absolute atomic E-state index is 13.3. The molecule has 5 nitrogen and oxygen atoms in total. The van der Waals surface area contributed by atoms with E-state index in [9.17, 15) is 9.59 Å². The number of para-hydroxylation sites is 1. The van der Waals surface area contributed by atoms with Gasteiger partial charge in [-0.05, 0) is 59.8 Å². The van der Waals surface area contributed by atoms with Crippen LogP contribution in [0.5, 0.6) is 5.75 Å². The number of Topliss-reactive ketones (excluding diaryl/α,β-unsaturated/α-hetero) is 1. The van der Waals surface area contributed by atoms with Crippen LogP contribution in [0.2, 0.25) is 0 Å². The van der Waals surface area contributed by atoms with Crippen molar-refractivity contribution in [3.05, 3.63) is 72.7 Å². The van der Waals surface area contributed by atoms with Crippen LogP contribution in [0.1, 0.15) is 54.8 Å². The Morgan fingerprint density at radius 2 is 1.97 bits per heavy atom. The maximum atomic E-state index is 13.3. The first-order valence-electron chi connectivity index (χ1n) is 10.9. The summed E-state index contributed by atoms with van der Waals surface area (Å²) in [6.45, 7) is 8.54. The first kappa shape index (κ1) is 23.8. The van der Waals surface area contributed by atoms with E-state index in [1.54, 1.807) is 11.3 Å². The quantitative estimate of drug-likeness (QED) is 0.468. The van der Waals surface area contributed by atoms with Crippen LogP contribution >= 0.6 is 27.3 Å². The summed E-state index contributed by atoms with van der Waals surface area (Å²) >= 11 is 5.12. The molecule has 2 aliphatic rings. The first-order chi connectivity index (χ1) is 15.6. The van der Waals surface area contributed by atoms with E-state index in [1.807, 2.05) is 38.1 Å². The van der Waals surface area contributed by atoms with E-state index in [4.69, 9.17) is 9.47 Å². The third-order valence-corrected chi connectivity index (χ3v) is 8.00. The SMILES string of the molecule is COC(=O)C1=C(C)NC2=C(C(=O)CC(C)(C)C2)C1c1cc(COc2ccccc2Br)c(C)s1. The number of thiophene rings is 1. The van der Waals surface area contributed by atoms with Crippen LogP contribution < -0.4 is 10.1 Å². The Bertz CT molecular complexity index is 1190. The Morgan fingerprint density at radius 3 is 2.67 bits per heavy atom. The van der Waals surface area contributed by atoms with E-state index < -0.39 is 11.9 Å². The monoisotopic (exact) mass is 529 g/mol. The molecular formula is C26H28BrNO4S. The van der Waals surface area contributed by atoms with Crippen molar-refractivity contribution in [3.8, 4) is 5.75 Å². The van der Waals surface area contributed by atoms with Gasteiger partial charge < -0.3 is 14.8 Å². The van der Waals surface area contributed by atoms with Gasteiger partial charge in [-0.3, -0.25) is 4.79 Å². The lowest BCUT2D eigenvalue weighted by molar-refractivity contribution is -0.136. The van der Waals surface area contributed by atoms with Crippen molar-refractivity contribution in [2.45, 2.75) is 53.1 Å². The smallest absolute Gasteiger partial charge is 0.336 e. The third-order valence-electron chi connectivity index (χ3n) is 6.19. The largest absolute Gasteiger partial charge is 0.488 e. The van der Waals surface area contributed by atoms with Gasteiger partial charge in [-0.15, -0.1) is 11.3 Å². The number of halogens is 1. The molecule has 4 rings (SSSR count). The number of methoxy groups -OCH3 is 1. The fourth-order valence-electron chi connectivity index (χ4n) is 4.65. The second-order valence-corrected chi connectivity index (χ2v) is 11.5. The lowest BCUT2D eigenvalue weighted by Gasteiger charge is -2.39. The van der Waals surface area contributed by atoms with Gasteiger partial charge >= 0.3 is 5.97 Å². The van der Waals surface area contributed by atoms with Gasteiger partial charge in [0.2, 0.25) is 0 Å². The van der Waals surface area contributed by atoms with Crippen molar-refractivity contribution in [2.75, 3.05) is 7.11 Å². The molecule has 1 aromatic heterocycles. The summed E-state index contributed by atoms with van der Waals surface area (Å²) in [7, 11) is 1.38. The molecule has 33 heavy (non-hydrogen) atoms. The van der Waals surface area contributed by atoms with Crippen LogP contribution in [-0.4, -0.2) is 18.9 Å². The van der Waals surface area contributed by atoms with Crippen molar-refractivity contribution in [2.24, 2.45) is 5.41 Å². The molecule has 1 aliphatic carbocycles. The molecule has 7 heteroatoms. The van der Waals surface area contributed by atoms with Crippen LogP contribution in [-0.2, 0) is 20.9 Å². The minimum absolute atomic E-state index is 0.0877. The third kappa shape index (κ3) is 4.66. The molecule has 0 bridgehead atoms. The molecule has 0 saturated carbocycles. The fraction of sp³-hybridized carbons (Fsp3) is 0.385. The van der Waals surface area contributed by atoms with Crippen LogP contribution in [0.15, 0.2) is 57.3 Å². The van der Waals surface area contributed by atoms with Crippen molar-refractivity contribution in [1.82, 2.24) is 5.32 Å². The predicted molar refractivity (Wildman–Crippen MR) is 133 cm³/mol. The number of carbonyl (C=O) groups is 2. The molecule has 0 amide bonds. The van der Waals surface area contributed by atoms with E-state index in [2.05, 4.69) is 41.2 Å². The van der Waals surface area contributed by atoms with E-state index in [1.165, 1.54) is 7.11 Å². The van der Waals surface area contributed by atoms with Gasteiger partial charge in [0, 0.05) is 38.7 Å². The zero-order valence-corrected chi connectivity index (χ0v) is 21.9. The number of hydrogen-bond acceptors (Lipinski definition) is 6. The van der Waals surface area contributed by atoms with Crippen molar-refractivity contribution in [1.29, 1.82) is 0 Å². The summed E-state index contributed by atoms with van der Waals surface area (Å²) in [5.74, 6) is 0.0152. The minimum Gasteiger partial charge on any atom is -0.488 e.